The maximum absolute atomic E-state index is 12.2. The van der Waals surface area contributed by atoms with Crippen LogP contribution in [0.25, 0.3) is 0 Å². The maximum atomic E-state index is 12.2. The number of nitrogens with one attached hydrogen (secondary N) is 1. The highest BCUT2D eigenvalue weighted by Gasteiger charge is 2.15. The predicted octanol–water partition coefficient (Wildman–Crippen LogP) is 3.87. The second kappa shape index (κ2) is 11.0. The Morgan fingerprint density at radius 3 is 2.28 bits per heavy atom. The number of ether oxygens (including phenoxy) is 1. The van der Waals surface area contributed by atoms with Gasteiger partial charge in [0.1, 0.15) is 0 Å². The molecule has 1 aromatic heterocycles. The number of rotatable bonds is 9. The van der Waals surface area contributed by atoms with Crippen molar-refractivity contribution in [3.05, 3.63) is 52.3 Å². The quantitative estimate of drug-likeness (QED) is 0.380. The predicted molar refractivity (Wildman–Crippen MR) is 115 cm³/mol. The first-order valence-corrected chi connectivity index (χ1v) is 11.0. The summed E-state index contributed by atoms with van der Waals surface area (Å²) >= 11 is 1.49. The van der Waals surface area contributed by atoms with E-state index in [-0.39, 0.29) is 25.0 Å². The van der Waals surface area contributed by atoms with Crippen molar-refractivity contribution >= 4 is 23.6 Å². The van der Waals surface area contributed by atoms with Crippen molar-refractivity contribution in [3.63, 3.8) is 0 Å². The first kappa shape index (κ1) is 22.9. The molecular weight excluding hydrogens is 386 g/mol. The van der Waals surface area contributed by atoms with Crippen molar-refractivity contribution in [2.45, 2.75) is 58.2 Å². The second-order valence-corrected chi connectivity index (χ2v) is 7.73. The number of benzene rings is 1. The van der Waals surface area contributed by atoms with E-state index in [1.807, 2.05) is 58.2 Å². The Bertz CT molecular complexity index is 830. The van der Waals surface area contributed by atoms with Crippen LogP contribution in [0.1, 0.15) is 53.9 Å². The number of nitrogens with zero attached hydrogens (tertiary/aromatic N) is 2. The van der Waals surface area contributed by atoms with Gasteiger partial charge in [-0.1, -0.05) is 48.5 Å². The van der Waals surface area contributed by atoms with Crippen molar-refractivity contribution < 1.29 is 14.3 Å². The van der Waals surface area contributed by atoms with E-state index in [1.165, 1.54) is 17.3 Å². The Balaban J connectivity index is 1.82. The zero-order valence-corrected chi connectivity index (χ0v) is 18.6. The Labute approximate surface area is 176 Å². The van der Waals surface area contributed by atoms with Crippen molar-refractivity contribution in [1.82, 2.24) is 15.3 Å². The third-order valence-electron chi connectivity index (χ3n) is 4.75. The highest BCUT2D eigenvalue weighted by molar-refractivity contribution is 7.98. The molecule has 29 heavy (non-hydrogen) atoms. The summed E-state index contributed by atoms with van der Waals surface area (Å²) in [6, 6.07) is 7.95. The lowest BCUT2D eigenvalue weighted by atomic mass is 10.0. The fourth-order valence-electron chi connectivity index (χ4n) is 3.06. The van der Waals surface area contributed by atoms with Gasteiger partial charge >= 0.3 is 5.97 Å². The third kappa shape index (κ3) is 6.85. The molecule has 1 aromatic carbocycles. The van der Waals surface area contributed by atoms with Gasteiger partial charge in [-0.3, -0.25) is 9.59 Å². The lowest BCUT2D eigenvalue weighted by Gasteiger charge is -2.17. The molecule has 0 aliphatic heterocycles. The van der Waals surface area contributed by atoms with Crippen LogP contribution >= 0.6 is 11.8 Å². The van der Waals surface area contributed by atoms with E-state index in [0.717, 1.165) is 34.1 Å². The molecule has 0 bridgehead atoms. The van der Waals surface area contributed by atoms with Crippen LogP contribution in [0.15, 0.2) is 29.4 Å². The lowest BCUT2D eigenvalue weighted by molar-refractivity contribution is -0.148. The van der Waals surface area contributed by atoms with Crippen molar-refractivity contribution in [1.29, 1.82) is 0 Å². The molecule has 1 heterocycles. The molecule has 0 aliphatic rings. The average Bonchev–Trinajstić information content (AvgIpc) is 2.70. The number of esters is 1. The third-order valence-corrected chi connectivity index (χ3v) is 5.30. The Morgan fingerprint density at radius 1 is 1.10 bits per heavy atom. The molecule has 0 spiro atoms. The Hall–Kier alpha value is -2.41. The minimum absolute atomic E-state index is 0.0980. The Kier molecular flexibility index (Phi) is 8.64. The molecule has 1 atom stereocenters. The van der Waals surface area contributed by atoms with Gasteiger partial charge in [0.05, 0.1) is 6.04 Å². The van der Waals surface area contributed by atoms with E-state index in [2.05, 4.69) is 15.3 Å². The molecule has 0 radical (unpaired) electrons. The largest absolute Gasteiger partial charge is 0.456 e. The van der Waals surface area contributed by atoms with E-state index in [4.69, 9.17) is 4.74 Å². The summed E-state index contributed by atoms with van der Waals surface area (Å²) in [5.41, 5.74) is 4.91. The summed E-state index contributed by atoms with van der Waals surface area (Å²) in [6.07, 6.45) is 3.37. The van der Waals surface area contributed by atoms with E-state index in [9.17, 15) is 9.59 Å². The summed E-state index contributed by atoms with van der Waals surface area (Å²) < 4.78 is 5.15. The topological polar surface area (TPSA) is 81.2 Å². The fraction of sp³-hybridized carbons (Fsp3) is 0.455. The maximum Gasteiger partial charge on any atom is 0.306 e. The van der Waals surface area contributed by atoms with Gasteiger partial charge in [0.25, 0.3) is 5.91 Å². The molecule has 0 saturated carbocycles. The lowest BCUT2D eigenvalue weighted by Crippen LogP contribution is -2.32. The van der Waals surface area contributed by atoms with Crippen LogP contribution in [-0.4, -0.2) is 34.7 Å². The number of aryl methyl sites for hydroxylation is 3. The van der Waals surface area contributed by atoms with Crippen LogP contribution in [0.4, 0.5) is 0 Å². The highest BCUT2D eigenvalue weighted by atomic mass is 32.2. The molecule has 156 valence electrons. The normalized spacial score (nSPS) is 11.8. The first-order chi connectivity index (χ1) is 13.8. The van der Waals surface area contributed by atoms with Crippen LogP contribution in [0.3, 0.4) is 0 Å². The van der Waals surface area contributed by atoms with Crippen molar-refractivity contribution in [2.75, 3.05) is 12.9 Å². The van der Waals surface area contributed by atoms with Crippen molar-refractivity contribution in [3.8, 4) is 0 Å². The monoisotopic (exact) mass is 415 g/mol. The number of thioether (sulfide) groups is 1. The van der Waals surface area contributed by atoms with Crippen LogP contribution in [0.2, 0.25) is 0 Å². The Morgan fingerprint density at radius 2 is 1.72 bits per heavy atom. The molecular formula is C22H29N3O3S. The zero-order valence-electron chi connectivity index (χ0n) is 17.7. The zero-order chi connectivity index (χ0) is 21.4. The summed E-state index contributed by atoms with van der Waals surface area (Å²) in [6.45, 7) is 7.58. The molecule has 0 unspecified atom stereocenters. The van der Waals surface area contributed by atoms with Gasteiger partial charge in [0.2, 0.25) is 0 Å². The first-order valence-electron chi connectivity index (χ1n) is 9.73. The van der Waals surface area contributed by atoms with E-state index in [0.29, 0.717) is 6.42 Å². The standard InChI is InChI=1S/C22H29N3O3S/c1-6-19(17-9-7-14(2)8-10-17)25-20(26)13-28-21(27)12-11-18-15(3)23-22(29-5)24-16(18)4/h7-10,19H,6,11-13H2,1-5H3,(H,25,26)/t19-/m1/s1. The summed E-state index contributed by atoms with van der Waals surface area (Å²) in [5.74, 6) is -0.706. The SMILES string of the molecule is CC[C@@H](NC(=O)COC(=O)CCc1c(C)nc(SC)nc1C)c1ccc(C)cc1. The summed E-state index contributed by atoms with van der Waals surface area (Å²) in [4.78, 5) is 33.1. The van der Waals surface area contributed by atoms with Gasteiger partial charge in [0.15, 0.2) is 11.8 Å². The van der Waals surface area contributed by atoms with Crippen LogP contribution in [-0.2, 0) is 20.7 Å². The number of hydrogen-bond donors (Lipinski definition) is 1. The smallest absolute Gasteiger partial charge is 0.306 e. The van der Waals surface area contributed by atoms with E-state index < -0.39 is 5.97 Å². The fourth-order valence-corrected chi connectivity index (χ4v) is 3.52. The molecule has 7 heteroatoms. The van der Waals surface area contributed by atoms with E-state index in [1.54, 1.807) is 0 Å². The van der Waals surface area contributed by atoms with Crippen LogP contribution in [0, 0.1) is 20.8 Å². The molecule has 0 fully saturated rings. The number of hydrogen-bond acceptors (Lipinski definition) is 6. The number of aromatic nitrogens is 2. The van der Waals surface area contributed by atoms with E-state index >= 15 is 0 Å². The molecule has 0 saturated heterocycles. The van der Waals surface area contributed by atoms with Crippen molar-refractivity contribution in [2.24, 2.45) is 0 Å². The minimum Gasteiger partial charge on any atom is -0.456 e. The molecule has 1 N–H and O–H groups in total. The number of carbonyl (C=O) groups is 2. The van der Waals surface area contributed by atoms with Crippen LogP contribution in [0.5, 0.6) is 0 Å². The minimum atomic E-state index is -0.406. The van der Waals surface area contributed by atoms with Crippen LogP contribution < -0.4 is 5.32 Å². The highest BCUT2D eigenvalue weighted by Crippen LogP contribution is 2.18. The molecule has 0 aliphatic carbocycles. The number of carbonyl (C=O) groups excluding carboxylic acids is 2. The average molecular weight is 416 g/mol. The van der Waals surface area contributed by atoms with Gasteiger partial charge in [-0.05, 0) is 51.0 Å². The van der Waals surface area contributed by atoms with Gasteiger partial charge in [-0.15, -0.1) is 0 Å². The summed E-state index contributed by atoms with van der Waals surface area (Å²) in [5, 5.41) is 3.65. The van der Waals surface area contributed by atoms with Gasteiger partial charge in [-0.25, -0.2) is 9.97 Å². The van der Waals surface area contributed by atoms with Gasteiger partial charge in [-0.2, -0.15) is 0 Å². The molecule has 1 amide bonds. The van der Waals surface area contributed by atoms with Gasteiger partial charge in [0, 0.05) is 17.8 Å². The second-order valence-electron chi connectivity index (χ2n) is 6.96. The summed E-state index contributed by atoms with van der Waals surface area (Å²) in [7, 11) is 0. The molecule has 2 aromatic rings. The number of amides is 1. The van der Waals surface area contributed by atoms with Gasteiger partial charge < -0.3 is 10.1 Å². The molecule has 2 rings (SSSR count). The molecule has 6 nitrogen and oxygen atoms in total.